The highest BCUT2D eigenvalue weighted by Crippen LogP contribution is 2.23. The monoisotopic (exact) mass is 1110 g/mol. The number of aromatic nitrogens is 2. The number of aliphatic hydroxyl groups is 1. The summed E-state index contributed by atoms with van der Waals surface area (Å²) in [6, 6.07) is -6.06. The number of hydrogen-bond donors (Lipinski definition) is 13. The van der Waals surface area contributed by atoms with Crippen LogP contribution in [0, 0.1) is 11.8 Å². The molecular weight excluding hydrogens is 1030 g/mol. The molecule has 1 aromatic carbocycles. The molecule has 1 unspecified atom stereocenters. The lowest BCUT2D eigenvalue weighted by molar-refractivity contribution is -0.145. The van der Waals surface area contributed by atoms with Crippen LogP contribution >= 0.6 is 0 Å². The Morgan fingerprint density at radius 2 is 1.30 bits per heavy atom. The number of nitrogens with one attached hydrogen (secondary N) is 8. The predicted octanol–water partition coefficient (Wildman–Crippen LogP) is -1.79. The molecule has 1 aliphatic carbocycles. The maximum absolute atomic E-state index is 14.4. The summed E-state index contributed by atoms with van der Waals surface area (Å²) in [7, 11) is 0. The van der Waals surface area contributed by atoms with Gasteiger partial charge in [-0.2, -0.15) is 0 Å². The summed E-state index contributed by atoms with van der Waals surface area (Å²) in [5, 5.41) is 57.5. The first-order valence-corrected chi connectivity index (χ1v) is 26.4. The fourth-order valence-electron chi connectivity index (χ4n) is 9.27. The molecule has 1 aliphatic heterocycles. The second kappa shape index (κ2) is 30.5. The first-order valence-electron chi connectivity index (χ1n) is 26.4. The molecule has 7 amide bonds. The quantitative estimate of drug-likeness (QED) is 0.0284. The van der Waals surface area contributed by atoms with Crippen molar-refractivity contribution in [2.45, 2.75) is 172 Å². The Hall–Kier alpha value is -7.65. The molecule has 2 aliphatic rings. The minimum atomic E-state index is -1.73. The number of unbranched alkanes of at least 4 members (excludes halogenated alkanes) is 1. The molecule has 2 aromatic rings. The molecule has 14 N–H and O–H groups in total. The topological polar surface area (TPSA) is 428 Å². The van der Waals surface area contributed by atoms with E-state index < -0.39 is 163 Å². The van der Waals surface area contributed by atoms with Crippen molar-refractivity contribution in [1.82, 2.24) is 52.1 Å². The Morgan fingerprint density at radius 3 is 1.87 bits per heavy atom. The smallest absolute Gasteiger partial charge is 0.326 e. The number of rotatable bonds is 32. The fraction of sp³-hybridized carbons (Fsp3) is 0.596. The average Bonchev–Trinajstić information content (AvgIpc) is 4.11. The van der Waals surface area contributed by atoms with E-state index in [1.165, 1.54) is 19.4 Å². The zero-order valence-electron chi connectivity index (χ0n) is 45.0. The zero-order valence-corrected chi connectivity index (χ0v) is 45.0. The zero-order chi connectivity index (χ0) is 58.7. The predicted molar refractivity (Wildman–Crippen MR) is 279 cm³/mol. The lowest BCUT2D eigenvalue weighted by Crippen LogP contribution is -2.62. The van der Waals surface area contributed by atoms with Crippen LogP contribution in [0.3, 0.4) is 0 Å². The van der Waals surface area contributed by atoms with E-state index in [1.54, 1.807) is 52.0 Å². The number of aromatic amines is 1. The molecule has 2 heterocycles. The largest absolute Gasteiger partial charge is 0.481 e. The van der Waals surface area contributed by atoms with Gasteiger partial charge >= 0.3 is 17.9 Å². The van der Waals surface area contributed by atoms with Crippen molar-refractivity contribution in [2.75, 3.05) is 13.1 Å². The summed E-state index contributed by atoms with van der Waals surface area (Å²) in [6.45, 7) is 8.31. The SMILES string of the molecule is CC(C)C[C@H](NC(=O)[C@H](Cc1cnc[nH]1)NC(=O)[C@@H](NC1Cc2ccccc2C(=O)C1=O)C(C)C)C(=O)N[C@H](C(=O)N1CCC[C@H]1C(=O)N[C@@H](CCC(=O)O)C(=O)N[C@@H](CCC(=O)O)C(=O)N[C@@H](CCCCN)C(=O)O)[C@@H](C)O. The number of H-pyrrole nitrogens is 1. The maximum atomic E-state index is 14.4. The second-order valence-electron chi connectivity index (χ2n) is 20.6. The van der Waals surface area contributed by atoms with Gasteiger partial charge in [0.1, 0.15) is 42.3 Å². The standard InChI is InChI=1S/C52H75N11O16/c1-26(2)21-36(60-47(73)37(23-30-24-54-25-55-30)61-50(76)41(27(3)4)56-35-22-29-11-6-7-12-31(29)43(69)44(35)70)48(74)62-42(28(5)64)51(77)63-20-10-14-38(63)49(75)58-33(16-18-40(67)68)45(71)57-32(15-17-39(65)66)46(72)59-34(52(78)79)13-8-9-19-53/h6-7,11-12,24-28,32-38,41-42,56,64H,8-10,13-23,53H2,1-5H3,(H,54,55)(H,57,71)(H,58,75)(H,59,72)(H,60,73)(H,61,76)(H,62,74)(H,65,66)(H,67,68)(H,78,79)/t28-,32+,33+,34+,35?,36+,37+,38+,41+,42+/m1/s1. The Labute approximate surface area is 456 Å². The number of fused-ring (bicyclic) bond motifs is 1. The van der Waals surface area contributed by atoms with Gasteiger partial charge in [0.15, 0.2) is 0 Å². The molecule has 1 fully saturated rings. The molecule has 10 atom stereocenters. The van der Waals surface area contributed by atoms with Gasteiger partial charge in [-0.15, -0.1) is 0 Å². The number of aliphatic carboxylic acids is 3. The van der Waals surface area contributed by atoms with Crippen LogP contribution in [0.1, 0.15) is 120 Å². The summed E-state index contributed by atoms with van der Waals surface area (Å²) in [6.07, 6.45) is -0.322. The second-order valence-corrected chi connectivity index (χ2v) is 20.6. The summed E-state index contributed by atoms with van der Waals surface area (Å²) >= 11 is 0. The first kappa shape index (κ1) is 63.9. The van der Waals surface area contributed by atoms with Crippen molar-refractivity contribution in [3.8, 4) is 0 Å². The number of carboxylic acid groups (broad SMARTS) is 3. The van der Waals surface area contributed by atoms with Crippen LogP contribution in [0.25, 0.3) is 0 Å². The summed E-state index contributed by atoms with van der Waals surface area (Å²) in [4.78, 5) is 168. The number of nitrogens with zero attached hydrogens (tertiary/aromatic N) is 2. The highest BCUT2D eigenvalue weighted by Gasteiger charge is 2.43. The van der Waals surface area contributed by atoms with E-state index in [4.69, 9.17) is 5.73 Å². The molecule has 0 bridgehead atoms. The number of likely N-dealkylation sites (tertiary alicyclic amines) is 1. The molecule has 0 radical (unpaired) electrons. The van der Waals surface area contributed by atoms with Crippen LogP contribution in [0.5, 0.6) is 0 Å². The van der Waals surface area contributed by atoms with E-state index in [9.17, 15) is 78.0 Å². The molecule has 1 aromatic heterocycles. The van der Waals surface area contributed by atoms with Gasteiger partial charge in [0.25, 0.3) is 0 Å². The number of benzene rings is 1. The number of carbonyl (C=O) groups is 12. The molecule has 27 nitrogen and oxygen atoms in total. The number of ketones is 2. The Kier molecular flexibility index (Phi) is 24.7. The van der Waals surface area contributed by atoms with Crippen molar-refractivity contribution in [3.63, 3.8) is 0 Å². The number of imidazole rings is 1. The lowest BCUT2D eigenvalue weighted by atomic mass is 9.85. The minimum Gasteiger partial charge on any atom is -0.481 e. The normalized spacial score (nSPS) is 18.2. The van der Waals surface area contributed by atoms with Crippen LogP contribution in [0.2, 0.25) is 0 Å². The van der Waals surface area contributed by atoms with Crippen LogP contribution in [0.4, 0.5) is 0 Å². The van der Waals surface area contributed by atoms with Crippen LogP contribution in [0.15, 0.2) is 36.8 Å². The molecule has 79 heavy (non-hydrogen) atoms. The number of aliphatic hydroxyl groups excluding tert-OH is 1. The highest BCUT2D eigenvalue weighted by molar-refractivity contribution is 6.46. The number of amides is 7. The number of Topliss-reactive ketones (excluding diaryl/α,β-unsaturated/α-hetero) is 2. The molecule has 0 spiro atoms. The van der Waals surface area contributed by atoms with E-state index in [1.807, 2.05) is 0 Å². The van der Waals surface area contributed by atoms with Gasteiger partial charge < -0.3 is 67.9 Å². The van der Waals surface area contributed by atoms with Gasteiger partial charge in [0.2, 0.25) is 52.9 Å². The first-order chi connectivity index (χ1) is 37.3. The third-order valence-electron chi connectivity index (χ3n) is 13.5. The maximum Gasteiger partial charge on any atom is 0.326 e. The van der Waals surface area contributed by atoms with E-state index >= 15 is 0 Å². The Balaban J connectivity index is 1.52. The lowest BCUT2D eigenvalue weighted by Gasteiger charge is -2.32. The van der Waals surface area contributed by atoms with Crippen LogP contribution in [-0.4, -0.2) is 180 Å². The summed E-state index contributed by atoms with van der Waals surface area (Å²) in [5.41, 5.74) is 6.83. The van der Waals surface area contributed by atoms with Gasteiger partial charge in [-0.1, -0.05) is 52.0 Å². The van der Waals surface area contributed by atoms with Gasteiger partial charge in [0, 0.05) is 43.3 Å². The van der Waals surface area contributed by atoms with Crippen molar-refractivity contribution >= 4 is 70.8 Å². The minimum absolute atomic E-state index is 0.00139. The number of carboxylic acids is 3. The average molecular weight is 1110 g/mol. The van der Waals surface area contributed by atoms with Crippen molar-refractivity contribution in [3.05, 3.63) is 53.6 Å². The van der Waals surface area contributed by atoms with E-state index in [0.29, 0.717) is 24.1 Å². The van der Waals surface area contributed by atoms with Gasteiger partial charge in [-0.25, -0.2) is 9.78 Å². The Bertz CT molecular complexity index is 2520. The van der Waals surface area contributed by atoms with Crippen molar-refractivity contribution in [2.24, 2.45) is 17.6 Å². The van der Waals surface area contributed by atoms with Gasteiger partial charge in [-0.05, 0) is 88.7 Å². The summed E-state index contributed by atoms with van der Waals surface area (Å²) < 4.78 is 0. The van der Waals surface area contributed by atoms with Crippen molar-refractivity contribution in [1.29, 1.82) is 0 Å². The number of hydrogen-bond acceptors (Lipinski definition) is 16. The fourth-order valence-corrected chi connectivity index (χ4v) is 9.27. The third-order valence-corrected chi connectivity index (χ3v) is 13.5. The van der Waals surface area contributed by atoms with Crippen molar-refractivity contribution < 1.29 is 78.0 Å². The van der Waals surface area contributed by atoms with E-state index in [0.717, 1.165) is 4.90 Å². The summed E-state index contributed by atoms with van der Waals surface area (Å²) in [5.74, 6) is -12.8. The van der Waals surface area contributed by atoms with Gasteiger partial charge in [0.05, 0.1) is 24.5 Å². The van der Waals surface area contributed by atoms with Crippen LogP contribution in [-0.2, 0) is 65.6 Å². The Morgan fingerprint density at radius 1 is 0.722 bits per heavy atom. The van der Waals surface area contributed by atoms with E-state index in [2.05, 4.69) is 47.2 Å². The molecule has 4 rings (SSSR count). The number of nitrogens with two attached hydrogens (primary N) is 1. The number of carbonyl (C=O) groups excluding carboxylic acids is 9. The molecular formula is C52H75N11O16. The van der Waals surface area contributed by atoms with E-state index in [-0.39, 0.29) is 63.1 Å². The molecule has 27 heteroatoms. The molecule has 434 valence electrons. The molecule has 1 saturated heterocycles. The van der Waals surface area contributed by atoms with Gasteiger partial charge in [-0.3, -0.25) is 58.1 Å². The van der Waals surface area contributed by atoms with Crippen LogP contribution < -0.4 is 43.0 Å². The highest BCUT2D eigenvalue weighted by atomic mass is 16.4. The third kappa shape index (κ3) is 19.0. The molecule has 0 saturated carbocycles.